The molecule has 22 aromatic rings. The quantitative estimate of drug-likeness (QED) is 0.109. The Balaban J connectivity index is 0.000000148. The van der Waals surface area contributed by atoms with Crippen molar-refractivity contribution in [2.75, 3.05) is 0 Å². The predicted octanol–water partition coefficient (Wildman–Crippen LogP) is 29.5. The molecule has 120 heavy (non-hydrogen) atoms. The molecule has 1 atom stereocenters. The molecule has 0 radical (unpaired) electrons. The summed E-state index contributed by atoms with van der Waals surface area (Å²) in [5.41, 5.74) is 31.5. The predicted molar refractivity (Wildman–Crippen MR) is 502 cm³/mol. The van der Waals surface area contributed by atoms with E-state index >= 15 is 0 Å². The first-order valence-electron chi connectivity index (χ1n) is 41.5. The highest BCUT2D eigenvalue weighted by atomic mass is 15.0. The second-order valence-corrected chi connectivity index (χ2v) is 32.5. The summed E-state index contributed by atoms with van der Waals surface area (Å²) in [6.45, 7) is 11.3. The molecule has 22 rings (SSSR count). The topological polar surface area (TPSA) is 71.3 Å². The van der Waals surface area contributed by atoms with Gasteiger partial charge >= 0.3 is 0 Å². The maximum Gasteiger partial charge on any atom is 0.160 e. The molecule has 572 valence electrons. The van der Waals surface area contributed by atoms with Crippen LogP contribution in [0.5, 0.6) is 0 Å². The van der Waals surface area contributed by atoms with E-state index in [1.54, 1.807) is 0 Å². The van der Waals surface area contributed by atoms with Gasteiger partial charge in [-0.1, -0.05) is 302 Å². The number of hydrogen-bond acceptors (Lipinski definition) is 4. The Labute approximate surface area is 697 Å². The van der Waals surface area contributed by atoms with E-state index in [9.17, 15) is 0 Å². The van der Waals surface area contributed by atoms with Crippen molar-refractivity contribution in [3.63, 3.8) is 0 Å². The molecule has 0 amide bonds. The van der Waals surface area contributed by atoms with Gasteiger partial charge in [0.1, 0.15) is 0 Å². The highest BCUT2D eigenvalue weighted by Crippen LogP contribution is 2.43. The first-order chi connectivity index (χ1) is 59.0. The van der Waals surface area contributed by atoms with Crippen LogP contribution in [-0.4, -0.2) is 38.2 Å². The summed E-state index contributed by atoms with van der Waals surface area (Å²) in [6, 6.07) is 144. The molecular formula is C112H84N8. The van der Waals surface area contributed by atoms with Crippen LogP contribution < -0.4 is 0 Å². The summed E-state index contributed by atoms with van der Waals surface area (Å²) in [5.74, 6) is 1.95. The summed E-state index contributed by atoms with van der Waals surface area (Å²) in [6.07, 6.45) is 1.11. The summed E-state index contributed by atoms with van der Waals surface area (Å²) in [7, 11) is 0. The average Bonchev–Trinajstić information content (AvgIpc) is 1.59. The Bertz CT molecular complexity index is 7560. The molecule has 16 aromatic carbocycles. The van der Waals surface area contributed by atoms with Crippen molar-refractivity contribution in [3.8, 4) is 113 Å². The van der Waals surface area contributed by atoms with E-state index in [0.29, 0.717) is 11.7 Å². The third-order valence-corrected chi connectivity index (χ3v) is 24.2. The number of para-hydroxylation sites is 5. The Morgan fingerprint density at radius 3 is 0.775 bits per heavy atom. The van der Waals surface area contributed by atoms with Crippen molar-refractivity contribution in [3.05, 3.63) is 412 Å². The minimum Gasteiger partial charge on any atom is -0.309 e. The van der Waals surface area contributed by atoms with E-state index in [1.807, 2.05) is 42.5 Å². The fraction of sp³-hybridized carbons (Fsp3) is 0.0714. The van der Waals surface area contributed by atoms with Gasteiger partial charge in [-0.25, -0.2) is 19.9 Å². The second-order valence-electron chi connectivity index (χ2n) is 32.5. The molecule has 6 aromatic heterocycles. The average molecular weight is 1540 g/mol. The molecule has 8 heteroatoms. The van der Waals surface area contributed by atoms with E-state index in [1.165, 1.54) is 132 Å². The van der Waals surface area contributed by atoms with Crippen LogP contribution in [0.15, 0.2) is 400 Å². The lowest BCUT2D eigenvalue weighted by Gasteiger charge is -2.19. The van der Waals surface area contributed by atoms with E-state index in [4.69, 9.17) is 19.9 Å². The third-order valence-electron chi connectivity index (χ3n) is 24.2. The van der Waals surface area contributed by atoms with Gasteiger partial charge in [0, 0.05) is 99.2 Å². The zero-order valence-electron chi connectivity index (χ0n) is 67.5. The van der Waals surface area contributed by atoms with Crippen LogP contribution in [0.1, 0.15) is 58.1 Å². The lowest BCUT2D eigenvalue weighted by molar-refractivity contribution is 0.590. The first kappa shape index (κ1) is 72.6. The Kier molecular flexibility index (Phi) is 18.2. The van der Waals surface area contributed by atoms with E-state index < -0.39 is 0 Å². The van der Waals surface area contributed by atoms with Crippen LogP contribution >= 0.6 is 0 Å². The van der Waals surface area contributed by atoms with Gasteiger partial charge < -0.3 is 18.3 Å². The van der Waals surface area contributed by atoms with Crippen molar-refractivity contribution in [2.45, 2.75) is 52.4 Å². The fourth-order valence-electron chi connectivity index (χ4n) is 17.7. The molecule has 0 aliphatic carbocycles. The van der Waals surface area contributed by atoms with Gasteiger partial charge in [-0.05, 0) is 185 Å². The van der Waals surface area contributed by atoms with Crippen molar-refractivity contribution < 1.29 is 0 Å². The molecule has 8 nitrogen and oxygen atoms in total. The van der Waals surface area contributed by atoms with Crippen molar-refractivity contribution in [1.82, 2.24) is 38.2 Å². The van der Waals surface area contributed by atoms with Gasteiger partial charge in [0.15, 0.2) is 11.6 Å². The maximum atomic E-state index is 5.12. The lowest BCUT2D eigenvalue weighted by Crippen LogP contribution is -2.10. The van der Waals surface area contributed by atoms with Crippen molar-refractivity contribution >= 4 is 87.2 Å². The Hall–Kier alpha value is -15.1. The fourth-order valence-corrected chi connectivity index (χ4v) is 17.7. The van der Waals surface area contributed by atoms with E-state index in [0.717, 1.165) is 79.8 Å². The monoisotopic (exact) mass is 1540 g/mol. The zero-order chi connectivity index (χ0) is 80.5. The molecule has 0 spiro atoms. The number of benzene rings is 16. The molecule has 1 unspecified atom stereocenters. The standard InChI is InChI=1S/2C56H42N4/c1-56(2,3)42-26-30-44(31-27-42)60-52-21-13-11-19-46(52)48-35-41(25-33-54(48)60)40-24-32-53-47(34-40)45-18-10-12-20-51(45)59(53)43-28-22-38(23-29-43)50-36-49(37-14-6-4-7-15-37)57-55(58-50)39-16-8-5-9-17-39;1-3-37(2)38-22-24-39(25-23-38)50-36-51(58-56(57-50)41-14-6-4-7-15-41)40-26-30-45(31-27-40)60-53-21-13-11-19-47(53)49-35-43(29-33-55(49)60)42-28-32-54-48(34-42)46-18-10-12-20-52(46)59(54)44-16-8-5-9-17-44/h4-36H,1-3H3;4-37H,3H2,1-2H3. The molecule has 0 N–H and O–H groups in total. The van der Waals surface area contributed by atoms with Crippen LogP contribution in [0.3, 0.4) is 0 Å². The number of rotatable bonds is 14. The number of fused-ring (bicyclic) bond motifs is 12. The molecule has 0 bridgehead atoms. The SMILES string of the molecule is CC(C)(C)c1ccc(-n2c3ccccc3c3cc(-c4ccc5c(c4)c4ccccc4n5-c4ccc(-c5cc(-c6ccccc6)nc(-c6ccccc6)n5)cc4)ccc32)cc1.CCC(C)c1ccc(-c2cc(-c3ccc(-n4c5ccccc5c5cc(-c6ccc7c(c6)c6ccccc6n7-c6ccccc6)ccc54)cc3)nc(-c3ccccc3)n2)cc1. The number of aromatic nitrogens is 8. The smallest absolute Gasteiger partial charge is 0.160 e. The molecule has 6 heterocycles. The zero-order valence-corrected chi connectivity index (χ0v) is 67.5. The lowest BCUT2D eigenvalue weighted by atomic mass is 9.87. The molecule has 0 aliphatic rings. The molecule has 0 saturated carbocycles. The summed E-state index contributed by atoms with van der Waals surface area (Å²) in [5, 5.41) is 9.92. The van der Waals surface area contributed by atoms with Crippen molar-refractivity contribution in [2.24, 2.45) is 0 Å². The van der Waals surface area contributed by atoms with Gasteiger partial charge in [0.2, 0.25) is 0 Å². The highest BCUT2D eigenvalue weighted by Gasteiger charge is 2.23. The number of hydrogen-bond donors (Lipinski definition) is 0. The van der Waals surface area contributed by atoms with Crippen LogP contribution in [0.2, 0.25) is 0 Å². The minimum absolute atomic E-state index is 0.103. The maximum absolute atomic E-state index is 5.12. The van der Waals surface area contributed by atoms with Gasteiger partial charge in [0.25, 0.3) is 0 Å². The van der Waals surface area contributed by atoms with E-state index in [2.05, 4.69) is 411 Å². The Morgan fingerprint density at radius 2 is 0.467 bits per heavy atom. The van der Waals surface area contributed by atoms with Gasteiger partial charge in [0.05, 0.1) is 66.9 Å². The largest absolute Gasteiger partial charge is 0.309 e. The highest BCUT2D eigenvalue weighted by molar-refractivity contribution is 6.15. The Morgan fingerprint density at radius 1 is 0.225 bits per heavy atom. The van der Waals surface area contributed by atoms with Crippen LogP contribution in [0.4, 0.5) is 0 Å². The third kappa shape index (κ3) is 13.2. The molecule has 0 saturated heterocycles. The summed E-state index contributed by atoms with van der Waals surface area (Å²) in [4.78, 5) is 20.3. The van der Waals surface area contributed by atoms with Crippen LogP contribution in [-0.2, 0) is 5.41 Å². The van der Waals surface area contributed by atoms with Gasteiger partial charge in [-0.3, -0.25) is 0 Å². The first-order valence-corrected chi connectivity index (χ1v) is 41.5. The normalized spacial score (nSPS) is 12.0. The number of nitrogens with zero attached hydrogens (tertiary/aromatic N) is 8. The van der Waals surface area contributed by atoms with Crippen molar-refractivity contribution in [1.29, 1.82) is 0 Å². The summed E-state index contributed by atoms with van der Waals surface area (Å²) < 4.78 is 9.53. The van der Waals surface area contributed by atoms with E-state index in [-0.39, 0.29) is 5.41 Å². The van der Waals surface area contributed by atoms with Gasteiger partial charge in [-0.15, -0.1) is 0 Å². The molecule has 0 aliphatic heterocycles. The molecule has 0 fully saturated rings. The molecular weight excluding hydrogens is 1460 g/mol. The van der Waals surface area contributed by atoms with Crippen LogP contribution in [0, 0.1) is 0 Å². The summed E-state index contributed by atoms with van der Waals surface area (Å²) >= 11 is 0. The minimum atomic E-state index is 0.103. The second kappa shape index (κ2) is 30.2. The van der Waals surface area contributed by atoms with Crippen LogP contribution in [0.25, 0.3) is 200 Å². The van der Waals surface area contributed by atoms with Gasteiger partial charge in [-0.2, -0.15) is 0 Å².